The molecule has 1 unspecified atom stereocenters. The molecule has 1 aromatic carbocycles. The molecule has 2 rings (SSSR count). The van der Waals surface area contributed by atoms with Crippen molar-refractivity contribution in [3.05, 3.63) is 59.5 Å². The molecule has 1 N–H and O–H groups in total. The maximum Gasteiger partial charge on any atom is 0.120 e. The third-order valence-electron chi connectivity index (χ3n) is 3.12. The quantitative estimate of drug-likeness (QED) is 0.779. The van der Waals surface area contributed by atoms with Crippen molar-refractivity contribution in [3.8, 4) is 0 Å². The van der Waals surface area contributed by atoms with Gasteiger partial charge in [-0.2, -0.15) is 0 Å². The van der Waals surface area contributed by atoms with Crippen LogP contribution in [0.1, 0.15) is 36.5 Å². The standard InChI is InChI=1S/C16H21NO/c1-13-10-11-16(18-13)14(2)17-12-6-9-15-7-4-3-5-8-15/h3-5,7-8,10-11,14,17H,6,9,12H2,1-2H3. The molecule has 1 heterocycles. The SMILES string of the molecule is Cc1ccc(C(C)NCCCc2ccccc2)o1. The van der Waals surface area contributed by atoms with E-state index in [-0.39, 0.29) is 6.04 Å². The van der Waals surface area contributed by atoms with E-state index >= 15 is 0 Å². The van der Waals surface area contributed by atoms with E-state index < -0.39 is 0 Å². The summed E-state index contributed by atoms with van der Waals surface area (Å²) in [6, 6.07) is 15.0. The van der Waals surface area contributed by atoms with Crippen LogP contribution in [0.15, 0.2) is 46.9 Å². The van der Waals surface area contributed by atoms with Crippen molar-refractivity contribution in [1.29, 1.82) is 0 Å². The maximum atomic E-state index is 5.60. The lowest BCUT2D eigenvalue weighted by molar-refractivity contribution is 0.415. The Bertz CT molecular complexity index is 461. The summed E-state index contributed by atoms with van der Waals surface area (Å²) in [4.78, 5) is 0. The molecule has 0 fully saturated rings. The van der Waals surface area contributed by atoms with Crippen LogP contribution in [0, 0.1) is 6.92 Å². The van der Waals surface area contributed by atoms with E-state index in [4.69, 9.17) is 4.42 Å². The van der Waals surface area contributed by atoms with Gasteiger partial charge in [0.1, 0.15) is 11.5 Å². The van der Waals surface area contributed by atoms with Gasteiger partial charge in [-0.15, -0.1) is 0 Å². The molecule has 2 aromatic rings. The van der Waals surface area contributed by atoms with Crippen LogP contribution < -0.4 is 5.32 Å². The van der Waals surface area contributed by atoms with Gasteiger partial charge in [-0.3, -0.25) is 0 Å². The highest BCUT2D eigenvalue weighted by Crippen LogP contribution is 2.15. The number of hydrogen-bond donors (Lipinski definition) is 1. The van der Waals surface area contributed by atoms with Crippen molar-refractivity contribution in [2.45, 2.75) is 32.7 Å². The normalized spacial score (nSPS) is 12.6. The van der Waals surface area contributed by atoms with Gasteiger partial charge >= 0.3 is 0 Å². The third kappa shape index (κ3) is 3.74. The van der Waals surface area contributed by atoms with Gasteiger partial charge in [0.05, 0.1) is 6.04 Å². The van der Waals surface area contributed by atoms with E-state index in [0.717, 1.165) is 30.9 Å². The molecule has 0 aliphatic carbocycles. The predicted molar refractivity (Wildman–Crippen MR) is 74.6 cm³/mol. The first kappa shape index (κ1) is 12.9. The molecule has 0 aliphatic rings. The van der Waals surface area contributed by atoms with Crippen molar-refractivity contribution in [2.24, 2.45) is 0 Å². The number of hydrogen-bond acceptors (Lipinski definition) is 2. The molecule has 18 heavy (non-hydrogen) atoms. The summed E-state index contributed by atoms with van der Waals surface area (Å²) >= 11 is 0. The lowest BCUT2D eigenvalue weighted by Gasteiger charge is -2.11. The maximum absolute atomic E-state index is 5.60. The van der Waals surface area contributed by atoms with Gasteiger partial charge in [0.15, 0.2) is 0 Å². The highest BCUT2D eigenvalue weighted by molar-refractivity contribution is 5.14. The van der Waals surface area contributed by atoms with E-state index in [0.29, 0.717) is 0 Å². The first-order chi connectivity index (χ1) is 8.75. The summed E-state index contributed by atoms with van der Waals surface area (Å²) < 4.78 is 5.60. The summed E-state index contributed by atoms with van der Waals surface area (Å²) in [5, 5.41) is 3.49. The predicted octanol–water partition coefficient (Wildman–Crippen LogP) is 3.87. The van der Waals surface area contributed by atoms with Crippen LogP contribution in [0.3, 0.4) is 0 Å². The zero-order valence-corrected chi connectivity index (χ0v) is 11.1. The lowest BCUT2D eigenvalue weighted by atomic mass is 10.1. The van der Waals surface area contributed by atoms with Crippen LogP contribution in [0.2, 0.25) is 0 Å². The summed E-state index contributed by atoms with van der Waals surface area (Å²) in [6.07, 6.45) is 2.27. The Morgan fingerprint density at radius 1 is 1.11 bits per heavy atom. The average molecular weight is 243 g/mol. The molecular formula is C16H21NO. The number of benzene rings is 1. The molecule has 1 aromatic heterocycles. The molecular weight excluding hydrogens is 222 g/mol. The van der Waals surface area contributed by atoms with Crippen molar-refractivity contribution in [1.82, 2.24) is 5.32 Å². The van der Waals surface area contributed by atoms with Crippen LogP contribution in [0.4, 0.5) is 0 Å². The Hall–Kier alpha value is -1.54. The van der Waals surface area contributed by atoms with Crippen LogP contribution in [0.25, 0.3) is 0 Å². The van der Waals surface area contributed by atoms with Gasteiger partial charge < -0.3 is 9.73 Å². The summed E-state index contributed by atoms with van der Waals surface area (Å²) in [5.41, 5.74) is 1.40. The molecule has 0 saturated heterocycles. The highest BCUT2D eigenvalue weighted by Gasteiger charge is 2.07. The Morgan fingerprint density at radius 2 is 1.89 bits per heavy atom. The molecule has 0 radical (unpaired) electrons. The van der Waals surface area contributed by atoms with Crippen LogP contribution >= 0.6 is 0 Å². The van der Waals surface area contributed by atoms with Crippen molar-refractivity contribution in [3.63, 3.8) is 0 Å². The van der Waals surface area contributed by atoms with E-state index in [2.05, 4.69) is 42.6 Å². The number of furan rings is 1. The van der Waals surface area contributed by atoms with Crippen LogP contribution in [0.5, 0.6) is 0 Å². The molecule has 0 spiro atoms. The number of rotatable bonds is 6. The number of nitrogens with one attached hydrogen (secondary N) is 1. The second-order valence-electron chi connectivity index (χ2n) is 4.71. The van der Waals surface area contributed by atoms with Crippen LogP contribution in [-0.2, 0) is 6.42 Å². The molecule has 1 atom stereocenters. The van der Waals surface area contributed by atoms with E-state index in [1.54, 1.807) is 0 Å². The lowest BCUT2D eigenvalue weighted by Crippen LogP contribution is -2.19. The van der Waals surface area contributed by atoms with Crippen LogP contribution in [-0.4, -0.2) is 6.54 Å². The second kappa shape index (κ2) is 6.41. The van der Waals surface area contributed by atoms with Gasteiger partial charge in [-0.25, -0.2) is 0 Å². The largest absolute Gasteiger partial charge is 0.465 e. The molecule has 96 valence electrons. The van der Waals surface area contributed by atoms with Gasteiger partial charge in [0, 0.05) is 0 Å². The average Bonchev–Trinajstić information content (AvgIpc) is 2.82. The fourth-order valence-corrected chi connectivity index (χ4v) is 2.04. The minimum Gasteiger partial charge on any atom is -0.465 e. The van der Waals surface area contributed by atoms with Crippen molar-refractivity contribution in [2.75, 3.05) is 6.54 Å². The molecule has 0 aliphatic heterocycles. The monoisotopic (exact) mass is 243 g/mol. The van der Waals surface area contributed by atoms with E-state index in [1.807, 2.05) is 19.1 Å². The third-order valence-corrected chi connectivity index (χ3v) is 3.12. The van der Waals surface area contributed by atoms with Gasteiger partial charge in [-0.1, -0.05) is 30.3 Å². The zero-order valence-electron chi connectivity index (χ0n) is 11.1. The van der Waals surface area contributed by atoms with Gasteiger partial charge in [0.2, 0.25) is 0 Å². The molecule has 2 nitrogen and oxygen atoms in total. The zero-order chi connectivity index (χ0) is 12.8. The molecule has 0 bridgehead atoms. The fraction of sp³-hybridized carbons (Fsp3) is 0.375. The van der Waals surface area contributed by atoms with E-state index in [1.165, 1.54) is 5.56 Å². The number of aryl methyl sites for hydroxylation is 2. The Labute approximate surface area is 109 Å². The smallest absolute Gasteiger partial charge is 0.120 e. The summed E-state index contributed by atoms with van der Waals surface area (Å²) in [6.45, 7) is 5.13. The second-order valence-corrected chi connectivity index (χ2v) is 4.71. The Kier molecular flexibility index (Phi) is 4.59. The first-order valence-electron chi connectivity index (χ1n) is 6.59. The van der Waals surface area contributed by atoms with Crippen molar-refractivity contribution >= 4 is 0 Å². The fourth-order valence-electron chi connectivity index (χ4n) is 2.04. The molecule has 0 amide bonds. The molecule has 2 heteroatoms. The topological polar surface area (TPSA) is 25.2 Å². The Balaban J connectivity index is 1.69. The van der Waals surface area contributed by atoms with Gasteiger partial charge in [-0.05, 0) is 50.9 Å². The first-order valence-corrected chi connectivity index (χ1v) is 6.59. The minimum absolute atomic E-state index is 0.287. The van der Waals surface area contributed by atoms with Gasteiger partial charge in [0.25, 0.3) is 0 Å². The van der Waals surface area contributed by atoms with E-state index in [9.17, 15) is 0 Å². The highest BCUT2D eigenvalue weighted by atomic mass is 16.3. The Morgan fingerprint density at radius 3 is 2.56 bits per heavy atom. The summed E-state index contributed by atoms with van der Waals surface area (Å²) in [7, 11) is 0. The van der Waals surface area contributed by atoms with Crippen molar-refractivity contribution < 1.29 is 4.42 Å². The molecule has 0 saturated carbocycles. The summed E-state index contributed by atoms with van der Waals surface area (Å²) in [5.74, 6) is 2.00. The minimum atomic E-state index is 0.287.